The van der Waals surface area contributed by atoms with Crippen molar-refractivity contribution in [1.29, 1.82) is 0 Å². The lowest BCUT2D eigenvalue weighted by atomic mass is 9.72. The molecule has 0 aromatic heterocycles. The van der Waals surface area contributed by atoms with Gasteiger partial charge in [-0.05, 0) is 37.5 Å². The molecule has 2 N–H and O–H groups in total. The van der Waals surface area contributed by atoms with E-state index in [-0.39, 0.29) is 36.5 Å². The minimum absolute atomic E-state index is 0. The van der Waals surface area contributed by atoms with Gasteiger partial charge in [-0.15, -0.1) is 38.0 Å². The highest BCUT2D eigenvalue weighted by Crippen LogP contribution is 2.41. The van der Waals surface area contributed by atoms with Crippen molar-refractivity contribution in [2.45, 2.75) is 63.0 Å². The van der Waals surface area contributed by atoms with Gasteiger partial charge in [0.05, 0.1) is 5.60 Å². The van der Waals surface area contributed by atoms with Crippen LogP contribution in [0.4, 0.5) is 13.2 Å². The van der Waals surface area contributed by atoms with Crippen molar-refractivity contribution < 1.29 is 23.0 Å². The zero-order valence-corrected chi connectivity index (χ0v) is 18.2. The van der Waals surface area contributed by atoms with Crippen LogP contribution in [0.1, 0.15) is 50.5 Å². The summed E-state index contributed by atoms with van der Waals surface area (Å²) in [6, 6.07) is 6.50. The van der Waals surface area contributed by atoms with Crippen LogP contribution < -0.4 is 10.1 Å². The van der Waals surface area contributed by atoms with Crippen molar-refractivity contribution in [2.75, 3.05) is 26.2 Å². The number of aliphatic hydroxyl groups is 1. The van der Waals surface area contributed by atoms with E-state index in [0.717, 1.165) is 38.9 Å². The standard InChI is InChI=1S/C20H29F3N2O2.2ClH/c1-15-13-25(11-10-24-15)14-18(19(26)8-3-2-4-9-19)16-6-5-7-17(12-16)27-20(21,22)23;;/h5-7,12,15,18,24,26H,2-4,8-11,13-14H2,1H3;2*1H/t15-,18?;;/m0../s1. The van der Waals surface area contributed by atoms with Gasteiger partial charge in [-0.25, -0.2) is 0 Å². The number of ether oxygens (including phenoxy) is 1. The maximum absolute atomic E-state index is 12.6. The van der Waals surface area contributed by atoms with Crippen LogP contribution in [0.3, 0.4) is 0 Å². The molecule has 4 nitrogen and oxygen atoms in total. The molecule has 0 amide bonds. The van der Waals surface area contributed by atoms with Crippen LogP contribution in [0, 0.1) is 0 Å². The Kier molecular flexibility index (Phi) is 10.0. The Labute approximate surface area is 183 Å². The van der Waals surface area contributed by atoms with Crippen molar-refractivity contribution in [3.05, 3.63) is 29.8 Å². The van der Waals surface area contributed by atoms with Gasteiger partial charge in [0.25, 0.3) is 0 Å². The van der Waals surface area contributed by atoms with Crippen molar-refractivity contribution in [3.63, 3.8) is 0 Å². The zero-order chi connectivity index (χ0) is 19.5. The van der Waals surface area contributed by atoms with Crippen molar-refractivity contribution in [2.24, 2.45) is 0 Å². The number of alkyl halides is 3. The number of nitrogens with one attached hydrogen (secondary N) is 1. The minimum Gasteiger partial charge on any atom is -0.406 e. The average Bonchev–Trinajstić information content (AvgIpc) is 2.59. The fraction of sp³-hybridized carbons (Fsp3) is 0.700. The molecule has 29 heavy (non-hydrogen) atoms. The van der Waals surface area contributed by atoms with Gasteiger partial charge < -0.3 is 15.2 Å². The highest BCUT2D eigenvalue weighted by molar-refractivity contribution is 5.85. The maximum Gasteiger partial charge on any atom is 0.573 e. The summed E-state index contributed by atoms with van der Waals surface area (Å²) >= 11 is 0. The lowest BCUT2D eigenvalue weighted by Crippen LogP contribution is -2.52. The summed E-state index contributed by atoms with van der Waals surface area (Å²) in [6.45, 7) is 5.37. The van der Waals surface area contributed by atoms with Crippen molar-refractivity contribution >= 4 is 24.8 Å². The first-order chi connectivity index (χ1) is 12.8. The quantitative estimate of drug-likeness (QED) is 0.681. The van der Waals surface area contributed by atoms with Crippen LogP contribution in [-0.2, 0) is 0 Å². The van der Waals surface area contributed by atoms with Crippen LogP contribution in [-0.4, -0.2) is 54.2 Å². The van der Waals surface area contributed by atoms with E-state index in [4.69, 9.17) is 0 Å². The molecule has 1 unspecified atom stereocenters. The Morgan fingerprint density at radius 1 is 1.24 bits per heavy atom. The molecule has 1 aromatic rings. The van der Waals surface area contributed by atoms with Crippen LogP contribution in [0.15, 0.2) is 24.3 Å². The first-order valence-electron chi connectivity index (χ1n) is 9.79. The molecule has 3 rings (SSSR count). The fourth-order valence-corrected chi connectivity index (χ4v) is 4.46. The van der Waals surface area contributed by atoms with E-state index in [1.54, 1.807) is 6.07 Å². The molecule has 9 heteroatoms. The molecular formula is C20H31Cl2F3N2O2. The molecule has 2 aliphatic rings. The summed E-state index contributed by atoms with van der Waals surface area (Å²) in [5, 5.41) is 14.8. The molecule has 1 saturated heterocycles. The lowest BCUT2D eigenvalue weighted by molar-refractivity contribution is -0.274. The van der Waals surface area contributed by atoms with Gasteiger partial charge in [0.15, 0.2) is 0 Å². The number of rotatable bonds is 5. The van der Waals surface area contributed by atoms with E-state index < -0.39 is 12.0 Å². The van der Waals surface area contributed by atoms with E-state index >= 15 is 0 Å². The first kappa shape index (κ1) is 26.3. The largest absolute Gasteiger partial charge is 0.573 e. The first-order valence-corrected chi connectivity index (χ1v) is 9.79. The van der Waals surface area contributed by atoms with Gasteiger partial charge in [0.2, 0.25) is 0 Å². The van der Waals surface area contributed by atoms with Crippen LogP contribution in [0.2, 0.25) is 0 Å². The number of hydrogen-bond acceptors (Lipinski definition) is 4. The third-order valence-electron chi connectivity index (χ3n) is 5.76. The molecule has 1 aliphatic heterocycles. The Hall–Kier alpha value is -0.730. The molecule has 2 atom stereocenters. The molecule has 1 aliphatic carbocycles. The number of nitrogens with zero attached hydrogens (tertiary/aromatic N) is 1. The Morgan fingerprint density at radius 2 is 1.93 bits per heavy atom. The summed E-state index contributed by atoms with van der Waals surface area (Å²) in [4.78, 5) is 2.30. The summed E-state index contributed by atoms with van der Waals surface area (Å²) in [7, 11) is 0. The molecular weight excluding hydrogens is 428 g/mol. The van der Waals surface area contributed by atoms with Gasteiger partial charge in [-0.2, -0.15) is 0 Å². The lowest BCUT2D eigenvalue weighted by Gasteiger charge is -2.43. The summed E-state index contributed by atoms with van der Waals surface area (Å²) in [6.07, 6.45) is -0.360. The molecule has 0 bridgehead atoms. The number of halogens is 5. The molecule has 1 heterocycles. The second kappa shape index (κ2) is 11.0. The van der Waals surface area contributed by atoms with E-state index in [2.05, 4.69) is 21.9 Å². The zero-order valence-electron chi connectivity index (χ0n) is 16.6. The second-order valence-corrected chi connectivity index (χ2v) is 7.95. The maximum atomic E-state index is 12.6. The Balaban J connectivity index is 0.00000210. The predicted molar refractivity (Wildman–Crippen MR) is 112 cm³/mol. The second-order valence-electron chi connectivity index (χ2n) is 7.95. The van der Waals surface area contributed by atoms with E-state index in [1.807, 2.05) is 6.07 Å². The van der Waals surface area contributed by atoms with Gasteiger partial charge in [-0.1, -0.05) is 31.4 Å². The summed E-state index contributed by atoms with van der Waals surface area (Å²) in [5.41, 5.74) is -0.171. The van der Waals surface area contributed by atoms with Crippen molar-refractivity contribution in [3.8, 4) is 5.75 Å². The molecule has 1 saturated carbocycles. The van der Waals surface area contributed by atoms with Gasteiger partial charge in [0, 0.05) is 38.1 Å². The highest BCUT2D eigenvalue weighted by atomic mass is 35.5. The van der Waals surface area contributed by atoms with Crippen LogP contribution in [0.25, 0.3) is 0 Å². The third kappa shape index (κ3) is 7.47. The minimum atomic E-state index is -4.72. The SMILES string of the molecule is C[C@H]1CN(CC(c2cccc(OC(F)(F)F)c2)C2(O)CCCCC2)CCN1.Cl.Cl. The van der Waals surface area contributed by atoms with Gasteiger partial charge >= 0.3 is 6.36 Å². The number of piperazine rings is 1. The van der Waals surface area contributed by atoms with Gasteiger partial charge in [0.1, 0.15) is 5.75 Å². The van der Waals surface area contributed by atoms with Crippen molar-refractivity contribution in [1.82, 2.24) is 10.2 Å². The molecule has 2 fully saturated rings. The average molecular weight is 459 g/mol. The Morgan fingerprint density at radius 3 is 2.55 bits per heavy atom. The molecule has 1 aromatic carbocycles. The topological polar surface area (TPSA) is 44.7 Å². The normalized spacial score (nSPS) is 23.4. The number of hydrogen-bond donors (Lipinski definition) is 2. The highest BCUT2D eigenvalue weighted by Gasteiger charge is 2.40. The monoisotopic (exact) mass is 458 g/mol. The Bertz CT molecular complexity index is 628. The fourth-order valence-electron chi connectivity index (χ4n) is 4.46. The van der Waals surface area contributed by atoms with E-state index in [1.165, 1.54) is 12.1 Å². The third-order valence-corrected chi connectivity index (χ3v) is 5.76. The molecule has 0 spiro atoms. The van der Waals surface area contributed by atoms with Crippen LogP contribution >= 0.6 is 24.8 Å². The molecule has 0 radical (unpaired) electrons. The molecule has 168 valence electrons. The summed E-state index contributed by atoms with van der Waals surface area (Å²) < 4.78 is 42.0. The summed E-state index contributed by atoms with van der Waals surface area (Å²) in [5.74, 6) is -0.460. The number of benzene rings is 1. The van der Waals surface area contributed by atoms with E-state index in [0.29, 0.717) is 31.0 Å². The van der Waals surface area contributed by atoms with E-state index in [9.17, 15) is 18.3 Å². The van der Waals surface area contributed by atoms with Crippen LogP contribution in [0.5, 0.6) is 5.75 Å². The predicted octanol–water partition coefficient (Wildman–Crippen LogP) is 4.50. The smallest absolute Gasteiger partial charge is 0.406 e. The van der Waals surface area contributed by atoms with Gasteiger partial charge in [-0.3, -0.25) is 4.90 Å².